The lowest BCUT2D eigenvalue weighted by atomic mass is 10.2. The molecule has 1 heterocycles. The highest BCUT2D eigenvalue weighted by Crippen LogP contribution is 2.19. The number of aromatic nitrogens is 1. The van der Waals surface area contributed by atoms with Gasteiger partial charge in [0, 0.05) is 11.3 Å². The summed E-state index contributed by atoms with van der Waals surface area (Å²) in [6.07, 6.45) is 0. The fourth-order valence-corrected chi connectivity index (χ4v) is 2.70. The van der Waals surface area contributed by atoms with E-state index in [9.17, 15) is 9.59 Å². The Kier molecular flexibility index (Phi) is 4.45. The molecule has 0 bridgehead atoms. The average molecular weight is 360 g/mol. The first-order chi connectivity index (χ1) is 13.2. The monoisotopic (exact) mass is 360 g/mol. The van der Waals surface area contributed by atoms with Crippen LogP contribution in [0.4, 0.5) is 5.69 Å². The molecule has 0 atom stereocenters. The number of nitrogens with one attached hydrogen (secondary N) is 2. The van der Waals surface area contributed by atoms with Crippen molar-refractivity contribution in [1.82, 2.24) is 4.98 Å². The normalized spacial score (nSPS) is 10.7. The summed E-state index contributed by atoms with van der Waals surface area (Å²) in [7, 11) is 0. The highest BCUT2D eigenvalue weighted by atomic mass is 16.5. The van der Waals surface area contributed by atoms with E-state index < -0.39 is 5.76 Å². The molecule has 0 unspecified atom stereocenters. The van der Waals surface area contributed by atoms with Crippen LogP contribution in [-0.4, -0.2) is 10.9 Å². The van der Waals surface area contributed by atoms with Gasteiger partial charge in [0.1, 0.15) is 12.4 Å². The first-order valence-corrected chi connectivity index (χ1v) is 8.38. The van der Waals surface area contributed by atoms with E-state index in [-0.39, 0.29) is 5.91 Å². The third kappa shape index (κ3) is 3.90. The van der Waals surface area contributed by atoms with E-state index in [4.69, 9.17) is 9.15 Å². The minimum atomic E-state index is -0.531. The second kappa shape index (κ2) is 7.21. The molecule has 0 aliphatic carbocycles. The summed E-state index contributed by atoms with van der Waals surface area (Å²) in [5.74, 6) is -0.191. The quantitative estimate of drug-likeness (QED) is 0.564. The number of rotatable bonds is 5. The van der Waals surface area contributed by atoms with E-state index in [1.54, 1.807) is 36.4 Å². The topological polar surface area (TPSA) is 84.3 Å². The molecule has 6 heteroatoms. The molecule has 27 heavy (non-hydrogen) atoms. The number of benzene rings is 3. The molecule has 0 radical (unpaired) electrons. The highest BCUT2D eigenvalue weighted by molar-refractivity contribution is 6.05. The van der Waals surface area contributed by atoms with Gasteiger partial charge in [0.25, 0.3) is 5.91 Å². The SMILES string of the molecule is O=C(Nc1ccc2oc(=O)[nH]c2c1)c1cccc(OCc2ccccc2)c1. The van der Waals surface area contributed by atoms with Gasteiger partial charge in [0.15, 0.2) is 5.58 Å². The average Bonchev–Trinajstić information content (AvgIpc) is 3.07. The first kappa shape index (κ1) is 16.7. The molecule has 2 N–H and O–H groups in total. The lowest BCUT2D eigenvalue weighted by Gasteiger charge is -2.09. The van der Waals surface area contributed by atoms with Crippen molar-refractivity contribution in [3.05, 3.63) is 94.5 Å². The molecule has 6 nitrogen and oxygen atoms in total. The highest BCUT2D eigenvalue weighted by Gasteiger charge is 2.09. The molecule has 4 aromatic rings. The van der Waals surface area contributed by atoms with Gasteiger partial charge in [0.2, 0.25) is 0 Å². The zero-order valence-corrected chi connectivity index (χ0v) is 14.3. The maximum atomic E-state index is 12.5. The third-order valence-electron chi connectivity index (χ3n) is 4.02. The van der Waals surface area contributed by atoms with Crippen molar-refractivity contribution in [3.8, 4) is 5.75 Å². The number of anilines is 1. The number of fused-ring (bicyclic) bond motifs is 1. The summed E-state index contributed by atoms with van der Waals surface area (Å²) in [6.45, 7) is 0.427. The van der Waals surface area contributed by atoms with Gasteiger partial charge in [-0.25, -0.2) is 4.79 Å². The minimum Gasteiger partial charge on any atom is -0.489 e. The summed E-state index contributed by atoms with van der Waals surface area (Å²) in [5.41, 5.74) is 3.04. The Balaban J connectivity index is 1.47. The lowest BCUT2D eigenvalue weighted by Crippen LogP contribution is -2.12. The molecule has 0 saturated heterocycles. The molecule has 0 aliphatic rings. The number of H-pyrrole nitrogens is 1. The number of carbonyl (C=O) groups excluding carboxylic acids is 1. The maximum absolute atomic E-state index is 12.5. The van der Waals surface area contributed by atoms with Crippen molar-refractivity contribution in [2.75, 3.05) is 5.32 Å². The third-order valence-corrected chi connectivity index (χ3v) is 4.02. The van der Waals surface area contributed by atoms with Crippen molar-refractivity contribution < 1.29 is 13.9 Å². The Morgan fingerprint density at radius 2 is 1.85 bits per heavy atom. The number of ether oxygens (including phenoxy) is 1. The number of hydrogen-bond donors (Lipinski definition) is 2. The van der Waals surface area contributed by atoms with Crippen LogP contribution >= 0.6 is 0 Å². The molecule has 0 spiro atoms. The van der Waals surface area contributed by atoms with E-state index >= 15 is 0 Å². The van der Waals surface area contributed by atoms with Crippen molar-refractivity contribution in [3.63, 3.8) is 0 Å². The fourth-order valence-electron chi connectivity index (χ4n) is 2.70. The van der Waals surface area contributed by atoms with Crippen molar-refractivity contribution >= 4 is 22.7 Å². The van der Waals surface area contributed by atoms with E-state index in [0.29, 0.717) is 34.7 Å². The zero-order chi connectivity index (χ0) is 18.6. The van der Waals surface area contributed by atoms with Gasteiger partial charge in [-0.3, -0.25) is 9.78 Å². The van der Waals surface area contributed by atoms with Gasteiger partial charge >= 0.3 is 5.76 Å². The largest absolute Gasteiger partial charge is 0.489 e. The molecule has 4 rings (SSSR count). The molecular formula is C21H16N2O4. The Hall–Kier alpha value is -3.80. The Labute approximate surface area is 154 Å². The van der Waals surface area contributed by atoms with Crippen LogP contribution in [0, 0.1) is 0 Å². The van der Waals surface area contributed by atoms with Gasteiger partial charge in [-0.2, -0.15) is 0 Å². The van der Waals surface area contributed by atoms with Gasteiger partial charge in [0.05, 0.1) is 5.52 Å². The van der Waals surface area contributed by atoms with E-state index in [2.05, 4.69) is 10.3 Å². The summed E-state index contributed by atoms with van der Waals surface area (Å²) < 4.78 is 10.7. The molecule has 134 valence electrons. The van der Waals surface area contributed by atoms with Crippen molar-refractivity contribution in [1.29, 1.82) is 0 Å². The number of amides is 1. The van der Waals surface area contributed by atoms with E-state index in [0.717, 1.165) is 5.56 Å². The smallest absolute Gasteiger partial charge is 0.417 e. The Morgan fingerprint density at radius 1 is 1.00 bits per heavy atom. The molecule has 0 aliphatic heterocycles. The van der Waals surface area contributed by atoms with Gasteiger partial charge in [-0.05, 0) is 42.0 Å². The van der Waals surface area contributed by atoms with E-state index in [1.165, 1.54) is 0 Å². The number of aromatic amines is 1. The van der Waals surface area contributed by atoms with Gasteiger partial charge in [-0.15, -0.1) is 0 Å². The Bertz CT molecular complexity index is 1150. The van der Waals surface area contributed by atoms with Crippen LogP contribution in [0.15, 0.2) is 82.0 Å². The summed E-state index contributed by atoms with van der Waals surface area (Å²) in [6, 6.07) is 21.7. The van der Waals surface area contributed by atoms with Crippen LogP contribution in [0.1, 0.15) is 15.9 Å². The van der Waals surface area contributed by atoms with Crippen LogP contribution in [0.2, 0.25) is 0 Å². The second-order valence-corrected chi connectivity index (χ2v) is 5.98. The molecule has 1 aromatic heterocycles. The van der Waals surface area contributed by atoms with Crippen LogP contribution in [0.25, 0.3) is 11.1 Å². The van der Waals surface area contributed by atoms with Gasteiger partial charge < -0.3 is 14.5 Å². The summed E-state index contributed by atoms with van der Waals surface area (Å²) in [4.78, 5) is 26.3. The molecule has 1 amide bonds. The summed E-state index contributed by atoms with van der Waals surface area (Å²) >= 11 is 0. The van der Waals surface area contributed by atoms with Crippen LogP contribution in [0.3, 0.4) is 0 Å². The predicted octanol–water partition coefficient (Wildman–Crippen LogP) is 3.95. The van der Waals surface area contributed by atoms with Crippen LogP contribution in [0.5, 0.6) is 5.75 Å². The maximum Gasteiger partial charge on any atom is 0.417 e. The number of oxazole rings is 1. The van der Waals surface area contributed by atoms with Crippen LogP contribution in [-0.2, 0) is 6.61 Å². The zero-order valence-electron chi connectivity index (χ0n) is 14.3. The number of carbonyl (C=O) groups is 1. The minimum absolute atomic E-state index is 0.273. The predicted molar refractivity (Wildman–Crippen MR) is 102 cm³/mol. The molecule has 0 fully saturated rings. The van der Waals surface area contributed by atoms with E-state index in [1.807, 2.05) is 36.4 Å². The molecular weight excluding hydrogens is 344 g/mol. The second-order valence-electron chi connectivity index (χ2n) is 5.98. The van der Waals surface area contributed by atoms with Crippen molar-refractivity contribution in [2.24, 2.45) is 0 Å². The van der Waals surface area contributed by atoms with Gasteiger partial charge in [-0.1, -0.05) is 36.4 Å². The standard InChI is InChI=1S/C21H16N2O4/c24-20(22-16-9-10-19-18(12-16)23-21(25)27-19)15-7-4-8-17(11-15)26-13-14-5-2-1-3-6-14/h1-12H,13H2,(H,22,24)(H,23,25). The summed E-state index contributed by atoms with van der Waals surface area (Å²) in [5, 5.41) is 2.80. The fraction of sp³-hybridized carbons (Fsp3) is 0.0476. The first-order valence-electron chi connectivity index (χ1n) is 8.38. The number of hydrogen-bond acceptors (Lipinski definition) is 4. The lowest BCUT2D eigenvalue weighted by molar-refractivity contribution is 0.102. The van der Waals surface area contributed by atoms with Crippen molar-refractivity contribution in [2.45, 2.75) is 6.61 Å². The molecule has 3 aromatic carbocycles. The Morgan fingerprint density at radius 3 is 2.70 bits per heavy atom. The van der Waals surface area contributed by atoms with Crippen LogP contribution < -0.4 is 15.8 Å². The molecule has 0 saturated carbocycles.